The van der Waals surface area contributed by atoms with Gasteiger partial charge in [-0.1, -0.05) is 30.3 Å². The number of nitrogens with zero attached hydrogens (tertiary/aromatic N) is 1. The Balaban J connectivity index is 2.58. The van der Waals surface area contributed by atoms with Crippen LogP contribution in [0.4, 0.5) is 0 Å². The monoisotopic (exact) mass is 295 g/mol. The van der Waals surface area contributed by atoms with E-state index in [0.717, 1.165) is 5.69 Å². The van der Waals surface area contributed by atoms with Crippen LogP contribution in [0, 0.1) is 10.5 Å². The van der Waals surface area contributed by atoms with Gasteiger partial charge in [0.05, 0.1) is 5.69 Å². The minimum atomic E-state index is 1.08. The molecule has 0 bridgehead atoms. The van der Waals surface area contributed by atoms with Crippen LogP contribution in [-0.2, 0) is 0 Å². The number of benzene rings is 1. The highest BCUT2D eigenvalue weighted by molar-refractivity contribution is 14.1. The maximum absolute atomic E-state index is 4.40. The number of hydrogen-bond donors (Lipinski definition) is 0. The molecule has 1 aromatic heterocycles. The van der Waals surface area contributed by atoms with E-state index >= 15 is 0 Å². The SMILES string of the molecule is Cc1ccnc(-c2ccccc2)c1I. The number of hydrogen-bond acceptors (Lipinski definition) is 1. The van der Waals surface area contributed by atoms with E-state index in [9.17, 15) is 0 Å². The lowest BCUT2D eigenvalue weighted by Gasteiger charge is -2.05. The van der Waals surface area contributed by atoms with Crippen molar-refractivity contribution in [1.29, 1.82) is 0 Å². The first-order chi connectivity index (χ1) is 6.79. The summed E-state index contributed by atoms with van der Waals surface area (Å²) in [5.74, 6) is 0. The molecule has 1 aromatic carbocycles. The second-order valence-corrected chi connectivity index (χ2v) is 4.24. The van der Waals surface area contributed by atoms with E-state index in [2.05, 4.69) is 46.6 Å². The normalized spacial score (nSPS) is 10.1. The molecule has 0 aliphatic heterocycles. The standard InChI is InChI=1S/C12H10IN/c1-9-7-8-14-12(11(9)13)10-5-3-2-4-6-10/h2-8H,1H3. The molecule has 2 aromatic rings. The van der Waals surface area contributed by atoms with Crippen molar-refractivity contribution in [1.82, 2.24) is 4.98 Å². The van der Waals surface area contributed by atoms with Crippen LogP contribution in [0.1, 0.15) is 5.56 Å². The average molecular weight is 295 g/mol. The topological polar surface area (TPSA) is 12.9 Å². The Labute approximate surface area is 97.3 Å². The molecule has 0 aliphatic rings. The molecule has 0 radical (unpaired) electrons. The van der Waals surface area contributed by atoms with Gasteiger partial charge < -0.3 is 0 Å². The maximum atomic E-state index is 4.40. The van der Waals surface area contributed by atoms with Crippen LogP contribution in [0.5, 0.6) is 0 Å². The summed E-state index contributed by atoms with van der Waals surface area (Å²) in [7, 11) is 0. The zero-order valence-corrected chi connectivity index (χ0v) is 10.0. The highest BCUT2D eigenvalue weighted by Crippen LogP contribution is 2.24. The molecule has 0 fully saturated rings. The maximum Gasteiger partial charge on any atom is 0.0837 e. The third-order valence-corrected chi connectivity index (χ3v) is 3.49. The first-order valence-electron chi connectivity index (χ1n) is 4.45. The predicted octanol–water partition coefficient (Wildman–Crippen LogP) is 3.66. The van der Waals surface area contributed by atoms with Gasteiger partial charge in [-0.2, -0.15) is 0 Å². The van der Waals surface area contributed by atoms with Gasteiger partial charge in [-0.15, -0.1) is 0 Å². The van der Waals surface area contributed by atoms with Crippen LogP contribution in [0.15, 0.2) is 42.6 Å². The Morgan fingerprint density at radius 1 is 1.07 bits per heavy atom. The molecule has 2 rings (SSSR count). The lowest BCUT2D eigenvalue weighted by atomic mass is 10.1. The van der Waals surface area contributed by atoms with E-state index in [1.54, 1.807) is 0 Å². The molecule has 0 spiro atoms. The quantitative estimate of drug-likeness (QED) is 0.732. The molecular weight excluding hydrogens is 285 g/mol. The summed E-state index contributed by atoms with van der Waals surface area (Å²) in [4.78, 5) is 4.40. The van der Waals surface area contributed by atoms with Crippen molar-refractivity contribution < 1.29 is 0 Å². The highest BCUT2D eigenvalue weighted by Gasteiger charge is 2.04. The Bertz CT molecular complexity index is 437. The Morgan fingerprint density at radius 3 is 2.50 bits per heavy atom. The van der Waals surface area contributed by atoms with Crippen molar-refractivity contribution in [3.63, 3.8) is 0 Å². The Kier molecular flexibility index (Phi) is 2.82. The van der Waals surface area contributed by atoms with Crippen LogP contribution in [0.2, 0.25) is 0 Å². The van der Waals surface area contributed by atoms with E-state index in [0.29, 0.717) is 0 Å². The van der Waals surface area contributed by atoms with Gasteiger partial charge in [-0.3, -0.25) is 4.98 Å². The van der Waals surface area contributed by atoms with Crippen molar-refractivity contribution >= 4 is 22.6 Å². The van der Waals surface area contributed by atoms with Gasteiger partial charge in [0.15, 0.2) is 0 Å². The van der Waals surface area contributed by atoms with Gasteiger partial charge in [-0.05, 0) is 41.1 Å². The van der Waals surface area contributed by atoms with Gasteiger partial charge in [0.1, 0.15) is 0 Å². The van der Waals surface area contributed by atoms with Gasteiger partial charge in [0.25, 0.3) is 0 Å². The molecule has 1 heterocycles. The van der Waals surface area contributed by atoms with Crippen LogP contribution in [0.25, 0.3) is 11.3 Å². The minimum absolute atomic E-state index is 1.08. The van der Waals surface area contributed by atoms with Crippen molar-refractivity contribution in [3.05, 3.63) is 51.7 Å². The van der Waals surface area contributed by atoms with E-state index in [-0.39, 0.29) is 0 Å². The molecule has 70 valence electrons. The third kappa shape index (κ3) is 1.80. The summed E-state index contributed by atoms with van der Waals surface area (Å²) in [6.07, 6.45) is 1.86. The molecular formula is C12H10IN. The minimum Gasteiger partial charge on any atom is -0.255 e. The van der Waals surface area contributed by atoms with E-state index in [1.807, 2.05) is 30.5 Å². The number of pyridine rings is 1. The summed E-state index contributed by atoms with van der Waals surface area (Å²) >= 11 is 2.35. The molecule has 14 heavy (non-hydrogen) atoms. The second-order valence-electron chi connectivity index (χ2n) is 3.16. The Hall–Kier alpha value is -0.900. The number of aryl methyl sites for hydroxylation is 1. The molecule has 0 N–H and O–H groups in total. The van der Waals surface area contributed by atoms with Crippen molar-refractivity contribution in [2.75, 3.05) is 0 Å². The first kappa shape index (κ1) is 9.65. The van der Waals surface area contributed by atoms with E-state index < -0.39 is 0 Å². The van der Waals surface area contributed by atoms with Gasteiger partial charge in [0, 0.05) is 15.3 Å². The smallest absolute Gasteiger partial charge is 0.0837 e. The fourth-order valence-electron chi connectivity index (χ4n) is 1.34. The molecule has 0 aliphatic carbocycles. The predicted molar refractivity (Wildman–Crippen MR) is 67.1 cm³/mol. The number of halogens is 1. The summed E-state index contributed by atoms with van der Waals surface area (Å²) in [6.45, 7) is 2.11. The third-order valence-electron chi connectivity index (χ3n) is 2.13. The molecule has 2 heteroatoms. The van der Waals surface area contributed by atoms with Gasteiger partial charge >= 0.3 is 0 Å². The summed E-state index contributed by atoms with van der Waals surface area (Å²) in [5.41, 5.74) is 3.53. The van der Waals surface area contributed by atoms with Gasteiger partial charge in [0.2, 0.25) is 0 Å². The van der Waals surface area contributed by atoms with Gasteiger partial charge in [-0.25, -0.2) is 0 Å². The van der Waals surface area contributed by atoms with Crippen molar-refractivity contribution in [2.45, 2.75) is 6.92 Å². The summed E-state index contributed by atoms with van der Waals surface area (Å²) < 4.78 is 1.23. The van der Waals surface area contributed by atoms with Crippen LogP contribution in [-0.4, -0.2) is 4.98 Å². The lowest BCUT2D eigenvalue weighted by molar-refractivity contribution is 1.26. The van der Waals surface area contributed by atoms with Crippen LogP contribution < -0.4 is 0 Å². The molecule has 0 unspecified atom stereocenters. The second kappa shape index (κ2) is 4.09. The zero-order chi connectivity index (χ0) is 9.97. The van der Waals surface area contributed by atoms with E-state index in [4.69, 9.17) is 0 Å². The van der Waals surface area contributed by atoms with Crippen LogP contribution >= 0.6 is 22.6 Å². The highest BCUT2D eigenvalue weighted by atomic mass is 127. The Morgan fingerprint density at radius 2 is 1.79 bits per heavy atom. The largest absolute Gasteiger partial charge is 0.255 e. The number of rotatable bonds is 1. The molecule has 0 amide bonds. The average Bonchev–Trinajstić information content (AvgIpc) is 2.23. The summed E-state index contributed by atoms with van der Waals surface area (Å²) in [6, 6.07) is 12.3. The summed E-state index contributed by atoms with van der Waals surface area (Å²) in [5, 5.41) is 0. The van der Waals surface area contributed by atoms with E-state index in [1.165, 1.54) is 14.7 Å². The molecule has 0 atom stereocenters. The lowest BCUT2D eigenvalue weighted by Crippen LogP contribution is -1.90. The molecule has 0 saturated heterocycles. The molecule has 0 saturated carbocycles. The molecule has 1 nitrogen and oxygen atoms in total. The fourth-order valence-corrected chi connectivity index (χ4v) is 1.97. The first-order valence-corrected chi connectivity index (χ1v) is 5.53. The van der Waals surface area contributed by atoms with Crippen molar-refractivity contribution in [2.24, 2.45) is 0 Å². The number of aromatic nitrogens is 1. The fraction of sp³-hybridized carbons (Fsp3) is 0.0833. The van der Waals surface area contributed by atoms with Crippen molar-refractivity contribution in [3.8, 4) is 11.3 Å². The van der Waals surface area contributed by atoms with Crippen LogP contribution in [0.3, 0.4) is 0 Å². The zero-order valence-electron chi connectivity index (χ0n) is 7.87.